The lowest BCUT2D eigenvalue weighted by atomic mass is 10.0. The molecule has 3 aromatic rings. The number of halogens is 1. The average molecular weight is 440 g/mol. The first kappa shape index (κ1) is 20.1. The molecule has 166 valence electrons. The number of rotatable bonds is 6. The second-order valence-corrected chi connectivity index (χ2v) is 7.84. The highest BCUT2D eigenvalue weighted by Crippen LogP contribution is 2.31. The summed E-state index contributed by atoms with van der Waals surface area (Å²) in [4.78, 5) is 26.5. The first-order valence-electron chi connectivity index (χ1n) is 10.3. The molecule has 0 unspecified atom stereocenters. The second-order valence-electron chi connectivity index (χ2n) is 7.84. The van der Waals surface area contributed by atoms with Crippen LogP contribution in [0.3, 0.4) is 0 Å². The van der Waals surface area contributed by atoms with Gasteiger partial charge in [0.2, 0.25) is 0 Å². The molecule has 2 aromatic heterocycles. The van der Waals surface area contributed by atoms with Gasteiger partial charge in [0.15, 0.2) is 6.29 Å². The van der Waals surface area contributed by atoms with E-state index in [1.807, 2.05) is 4.90 Å². The Morgan fingerprint density at radius 2 is 2.06 bits per heavy atom. The summed E-state index contributed by atoms with van der Waals surface area (Å²) in [6, 6.07) is 4.92. The molecule has 2 aliphatic rings. The smallest absolute Gasteiger partial charge is 0.414 e. The maximum absolute atomic E-state index is 15.0. The fourth-order valence-electron chi connectivity index (χ4n) is 4.18. The molecule has 1 amide bonds. The number of cyclic esters (lactones) is 1. The monoisotopic (exact) mass is 440 g/mol. The number of piperidine rings is 1. The minimum Gasteiger partial charge on any atom is -0.442 e. The van der Waals surface area contributed by atoms with Crippen molar-refractivity contribution in [3.05, 3.63) is 48.3 Å². The molecule has 0 N–H and O–H groups in total. The molecular formula is C20H21FN8O3. The number of aromatic nitrogens is 6. The number of benzene rings is 1. The highest BCUT2D eigenvalue weighted by atomic mass is 19.1. The minimum absolute atomic E-state index is 0.121. The summed E-state index contributed by atoms with van der Waals surface area (Å²) < 4.78 is 23.7. The van der Waals surface area contributed by atoms with E-state index in [2.05, 4.69) is 20.6 Å². The molecule has 1 atom stereocenters. The first-order chi connectivity index (χ1) is 15.6. The standard InChI is InChI=1S/C20H21FN8O3/c21-18-9-16(28-12-17(32-20(28)31)11-27-8-5-22-24-27)1-2-19(18)26-6-3-15(4-7-26)29-10-14(13-30)23-25-29/h1-2,5,8-10,13,15,17H,3-4,6-7,11-12H2/t17-/m0/s1. The van der Waals surface area contributed by atoms with E-state index < -0.39 is 11.9 Å². The van der Waals surface area contributed by atoms with Crippen LogP contribution in [0.1, 0.15) is 29.4 Å². The van der Waals surface area contributed by atoms with Crippen molar-refractivity contribution >= 4 is 23.8 Å². The van der Waals surface area contributed by atoms with E-state index in [0.717, 1.165) is 12.8 Å². The van der Waals surface area contributed by atoms with Crippen molar-refractivity contribution in [1.82, 2.24) is 30.0 Å². The number of hydrogen-bond acceptors (Lipinski definition) is 8. The molecule has 0 aliphatic carbocycles. The largest absolute Gasteiger partial charge is 0.442 e. The van der Waals surface area contributed by atoms with Crippen molar-refractivity contribution in [3.8, 4) is 0 Å². The molecule has 11 nitrogen and oxygen atoms in total. The third-order valence-corrected chi connectivity index (χ3v) is 5.81. The molecule has 2 saturated heterocycles. The predicted octanol–water partition coefficient (Wildman–Crippen LogP) is 1.69. The SMILES string of the molecule is O=Cc1cn(C2CCN(c3ccc(N4C[C@H](Cn5ccnn5)OC4=O)cc3F)CC2)nn1. The third kappa shape index (κ3) is 3.90. The first-order valence-corrected chi connectivity index (χ1v) is 10.3. The van der Waals surface area contributed by atoms with Gasteiger partial charge in [-0.15, -0.1) is 10.2 Å². The molecule has 12 heteroatoms. The lowest BCUT2D eigenvalue weighted by molar-refractivity contribution is 0.111. The average Bonchev–Trinajstić information content (AvgIpc) is 3.56. The van der Waals surface area contributed by atoms with Crippen molar-refractivity contribution in [2.75, 3.05) is 29.4 Å². The number of carbonyl (C=O) groups is 2. The lowest BCUT2D eigenvalue weighted by Gasteiger charge is -2.33. The van der Waals surface area contributed by atoms with Crippen molar-refractivity contribution in [3.63, 3.8) is 0 Å². The molecule has 1 aromatic carbocycles. The van der Waals surface area contributed by atoms with Crippen LogP contribution in [0.5, 0.6) is 0 Å². The normalized spacial score (nSPS) is 19.4. The van der Waals surface area contributed by atoms with E-state index in [-0.39, 0.29) is 12.1 Å². The van der Waals surface area contributed by atoms with Crippen molar-refractivity contribution in [1.29, 1.82) is 0 Å². The van der Waals surface area contributed by atoms with Crippen molar-refractivity contribution in [2.45, 2.75) is 31.5 Å². The number of hydrogen-bond donors (Lipinski definition) is 0. The molecule has 5 rings (SSSR count). The Hall–Kier alpha value is -3.83. The van der Waals surface area contributed by atoms with Gasteiger partial charge in [0.25, 0.3) is 0 Å². The van der Waals surface area contributed by atoms with Crippen LogP contribution in [0, 0.1) is 5.82 Å². The van der Waals surface area contributed by atoms with Gasteiger partial charge in [-0.05, 0) is 31.0 Å². The second kappa shape index (κ2) is 8.36. The Labute approximate surface area is 182 Å². The van der Waals surface area contributed by atoms with E-state index in [1.165, 1.54) is 11.0 Å². The molecule has 0 spiro atoms. The summed E-state index contributed by atoms with van der Waals surface area (Å²) in [5.41, 5.74) is 1.25. The van der Waals surface area contributed by atoms with Crippen LogP contribution in [0.15, 0.2) is 36.8 Å². The Morgan fingerprint density at radius 1 is 1.22 bits per heavy atom. The number of anilines is 2. The highest BCUT2D eigenvalue weighted by molar-refractivity contribution is 5.90. The quantitative estimate of drug-likeness (QED) is 0.533. The number of aldehydes is 1. The van der Waals surface area contributed by atoms with Crippen LogP contribution in [0.25, 0.3) is 0 Å². The van der Waals surface area contributed by atoms with E-state index in [0.29, 0.717) is 49.5 Å². The highest BCUT2D eigenvalue weighted by Gasteiger charge is 2.33. The summed E-state index contributed by atoms with van der Waals surface area (Å²) in [5, 5.41) is 15.4. The zero-order chi connectivity index (χ0) is 22.1. The van der Waals surface area contributed by atoms with Gasteiger partial charge in [-0.1, -0.05) is 10.4 Å². The number of ether oxygens (including phenoxy) is 1. The number of carbonyl (C=O) groups excluding carboxylic acids is 2. The molecule has 2 fully saturated rings. The molecular weight excluding hydrogens is 419 g/mol. The van der Waals surface area contributed by atoms with Gasteiger partial charge >= 0.3 is 6.09 Å². The number of amides is 1. The lowest BCUT2D eigenvalue weighted by Crippen LogP contribution is -2.35. The molecule has 4 heterocycles. The van der Waals surface area contributed by atoms with Crippen LogP contribution in [0.4, 0.5) is 20.6 Å². The van der Waals surface area contributed by atoms with Crippen LogP contribution < -0.4 is 9.80 Å². The minimum atomic E-state index is -0.509. The van der Waals surface area contributed by atoms with E-state index in [9.17, 15) is 14.0 Å². The summed E-state index contributed by atoms with van der Waals surface area (Å²) in [5.74, 6) is -0.391. The Balaban J connectivity index is 1.23. The molecule has 0 radical (unpaired) electrons. The van der Waals surface area contributed by atoms with Crippen molar-refractivity contribution < 1.29 is 18.7 Å². The van der Waals surface area contributed by atoms with E-state index >= 15 is 0 Å². The van der Waals surface area contributed by atoms with Gasteiger partial charge < -0.3 is 9.64 Å². The van der Waals surface area contributed by atoms with Gasteiger partial charge in [-0.25, -0.2) is 18.5 Å². The fourth-order valence-corrected chi connectivity index (χ4v) is 4.18. The zero-order valence-corrected chi connectivity index (χ0v) is 17.1. The van der Waals surface area contributed by atoms with Crippen molar-refractivity contribution in [2.24, 2.45) is 0 Å². The maximum atomic E-state index is 15.0. The summed E-state index contributed by atoms with van der Waals surface area (Å²) >= 11 is 0. The Bertz CT molecular complexity index is 1110. The van der Waals surface area contributed by atoms with Crippen LogP contribution in [-0.2, 0) is 11.3 Å². The van der Waals surface area contributed by atoms with Gasteiger partial charge in [0, 0.05) is 19.3 Å². The Morgan fingerprint density at radius 3 is 2.75 bits per heavy atom. The van der Waals surface area contributed by atoms with E-state index in [1.54, 1.807) is 40.1 Å². The predicted molar refractivity (Wildman–Crippen MR) is 110 cm³/mol. The topological polar surface area (TPSA) is 111 Å². The third-order valence-electron chi connectivity index (χ3n) is 5.81. The fraction of sp³-hybridized carbons (Fsp3) is 0.400. The molecule has 0 bridgehead atoms. The summed E-state index contributed by atoms with van der Waals surface area (Å²) in [6.45, 7) is 1.98. The van der Waals surface area contributed by atoms with Gasteiger partial charge in [-0.2, -0.15) is 0 Å². The summed E-state index contributed by atoms with van der Waals surface area (Å²) in [7, 11) is 0. The number of nitrogens with zero attached hydrogens (tertiary/aromatic N) is 8. The van der Waals surface area contributed by atoms with Gasteiger partial charge in [-0.3, -0.25) is 9.69 Å². The van der Waals surface area contributed by atoms with Gasteiger partial charge in [0.05, 0.1) is 42.9 Å². The van der Waals surface area contributed by atoms with Crippen LogP contribution >= 0.6 is 0 Å². The summed E-state index contributed by atoms with van der Waals surface area (Å²) in [6.07, 6.45) is 6.17. The molecule has 32 heavy (non-hydrogen) atoms. The Kier molecular flexibility index (Phi) is 5.25. The zero-order valence-electron chi connectivity index (χ0n) is 17.1. The van der Waals surface area contributed by atoms with E-state index in [4.69, 9.17) is 4.74 Å². The van der Waals surface area contributed by atoms with Crippen LogP contribution in [0.2, 0.25) is 0 Å². The van der Waals surface area contributed by atoms with Crippen LogP contribution in [-0.4, -0.2) is 68.1 Å². The maximum Gasteiger partial charge on any atom is 0.414 e. The molecule has 0 saturated carbocycles. The van der Waals surface area contributed by atoms with Gasteiger partial charge in [0.1, 0.15) is 17.6 Å². The molecule has 2 aliphatic heterocycles.